The first kappa shape index (κ1) is 16.1. The number of nitrogens with zero attached hydrogens (tertiary/aromatic N) is 3. The summed E-state index contributed by atoms with van der Waals surface area (Å²) in [5.41, 5.74) is 1.87. The maximum absolute atomic E-state index is 11.3. The van der Waals surface area contributed by atoms with E-state index in [2.05, 4.69) is 20.3 Å². The molecule has 0 saturated carbocycles. The zero-order valence-electron chi connectivity index (χ0n) is 13.3. The average Bonchev–Trinajstić information content (AvgIpc) is 3.01. The zero-order valence-corrected chi connectivity index (χ0v) is 14.1. The van der Waals surface area contributed by atoms with Crippen LogP contribution in [0.1, 0.15) is 26.9 Å². The van der Waals surface area contributed by atoms with Crippen LogP contribution >= 0.6 is 11.3 Å². The fraction of sp³-hybridized carbons (Fsp3) is 0.176. The molecule has 0 radical (unpaired) electrons. The van der Waals surface area contributed by atoms with Gasteiger partial charge in [0, 0.05) is 23.5 Å². The van der Waals surface area contributed by atoms with Crippen molar-refractivity contribution >= 4 is 23.1 Å². The molecular formula is C17H16N4O2S. The van der Waals surface area contributed by atoms with Crippen molar-refractivity contribution < 1.29 is 9.90 Å². The van der Waals surface area contributed by atoms with Crippen LogP contribution in [0.15, 0.2) is 36.5 Å². The molecule has 0 aliphatic rings. The monoisotopic (exact) mass is 340 g/mol. The lowest BCUT2D eigenvalue weighted by Crippen LogP contribution is -2.03. The van der Waals surface area contributed by atoms with Crippen LogP contribution in [0.2, 0.25) is 0 Å². The SMILES string of the molecule is Cc1cc(NCc2ncc(-c3ccccc3C(=O)O)s2)nc(C)n1. The van der Waals surface area contributed by atoms with Crippen molar-refractivity contribution in [1.29, 1.82) is 0 Å². The molecular weight excluding hydrogens is 324 g/mol. The third-order valence-electron chi connectivity index (χ3n) is 3.36. The summed E-state index contributed by atoms with van der Waals surface area (Å²) in [4.78, 5) is 25.1. The van der Waals surface area contributed by atoms with Crippen LogP contribution < -0.4 is 5.32 Å². The normalized spacial score (nSPS) is 10.6. The second-order valence-electron chi connectivity index (χ2n) is 5.26. The van der Waals surface area contributed by atoms with Crippen LogP contribution in [0, 0.1) is 13.8 Å². The third-order valence-corrected chi connectivity index (χ3v) is 4.39. The Kier molecular flexibility index (Phi) is 4.52. The van der Waals surface area contributed by atoms with E-state index in [1.807, 2.05) is 26.0 Å². The maximum Gasteiger partial charge on any atom is 0.336 e. The van der Waals surface area contributed by atoms with E-state index < -0.39 is 5.97 Å². The van der Waals surface area contributed by atoms with Crippen LogP contribution in [0.25, 0.3) is 10.4 Å². The molecule has 0 aliphatic heterocycles. The Morgan fingerprint density at radius 3 is 2.79 bits per heavy atom. The molecule has 0 aliphatic carbocycles. The van der Waals surface area contributed by atoms with Crippen LogP contribution in [0.5, 0.6) is 0 Å². The minimum atomic E-state index is -0.939. The highest BCUT2D eigenvalue weighted by molar-refractivity contribution is 7.15. The second kappa shape index (κ2) is 6.76. The Morgan fingerprint density at radius 2 is 2.04 bits per heavy atom. The van der Waals surface area contributed by atoms with E-state index in [4.69, 9.17) is 0 Å². The number of aromatic nitrogens is 3. The Morgan fingerprint density at radius 1 is 1.25 bits per heavy atom. The third kappa shape index (κ3) is 3.57. The Hall–Kier alpha value is -2.80. The van der Waals surface area contributed by atoms with E-state index in [0.717, 1.165) is 21.4 Å². The first-order valence-corrected chi connectivity index (χ1v) is 8.18. The molecule has 0 unspecified atom stereocenters. The second-order valence-corrected chi connectivity index (χ2v) is 6.38. The van der Waals surface area contributed by atoms with Gasteiger partial charge < -0.3 is 10.4 Å². The van der Waals surface area contributed by atoms with Gasteiger partial charge in [-0.2, -0.15) is 0 Å². The number of carboxylic acids is 1. The number of aromatic carboxylic acids is 1. The standard InChI is InChI=1S/C17H16N4O2S/c1-10-7-15(21-11(2)20-10)18-9-16-19-8-14(24-16)12-5-3-4-6-13(12)17(22)23/h3-8H,9H2,1-2H3,(H,22,23)(H,18,20,21). The van der Waals surface area contributed by atoms with Crippen LogP contribution in [-0.2, 0) is 6.54 Å². The maximum atomic E-state index is 11.3. The Labute approximate surface area is 143 Å². The number of aryl methyl sites for hydroxylation is 2. The van der Waals surface area contributed by atoms with E-state index in [9.17, 15) is 9.90 Å². The highest BCUT2D eigenvalue weighted by Gasteiger charge is 2.13. The molecule has 0 amide bonds. The molecule has 0 fully saturated rings. The van der Waals surface area contributed by atoms with Crippen molar-refractivity contribution in [3.63, 3.8) is 0 Å². The smallest absolute Gasteiger partial charge is 0.336 e. The number of nitrogens with one attached hydrogen (secondary N) is 1. The lowest BCUT2D eigenvalue weighted by molar-refractivity contribution is 0.0698. The number of carbonyl (C=O) groups is 1. The molecule has 7 heteroatoms. The van der Waals surface area contributed by atoms with E-state index in [-0.39, 0.29) is 5.56 Å². The van der Waals surface area contributed by atoms with Gasteiger partial charge in [0.05, 0.1) is 17.0 Å². The van der Waals surface area contributed by atoms with Gasteiger partial charge in [-0.3, -0.25) is 0 Å². The highest BCUT2D eigenvalue weighted by Crippen LogP contribution is 2.29. The summed E-state index contributed by atoms with van der Waals surface area (Å²) in [7, 11) is 0. The molecule has 6 nitrogen and oxygen atoms in total. The molecule has 3 rings (SSSR count). The molecule has 3 aromatic rings. The predicted molar refractivity (Wildman–Crippen MR) is 93.3 cm³/mol. The van der Waals surface area contributed by atoms with Gasteiger partial charge in [-0.25, -0.2) is 19.7 Å². The molecule has 0 bridgehead atoms. The molecule has 0 saturated heterocycles. The van der Waals surface area contributed by atoms with Gasteiger partial charge in [0.2, 0.25) is 0 Å². The molecule has 2 aromatic heterocycles. The highest BCUT2D eigenvalue weighted by atomic mass is 32.1. The molecule has 0 atom stereocenters. The fourth-order valence-electron chi connectivity index (χ4n) is 2.37. The number of anilines is 1. The van der Waals surface area contributed by atoms with E-state index in [1.165, 1.54) is 11.3 Å². The van der Waals surface area contributed by atoms with Gasteiger partial charge >= 0.3 is 5.97 Å². The van der Waals surface area contributed by atoms with Gasteiger partial charge in [-0.15, -0.1) is 11.3 Å². The van der Waals surface area contributed by atoms with Gasteiger partial charge in [0.1, 0.15) is 16.6 Å². The van der Waals surface area contributed by atoms with Crippen molar-refractivity contribution in [2.24, 2.45) is 0 Å². The number of thiazole rings is 1. The number of rotatable bonds is 5. The molecule has 122 valence electrons. The lowest BCUT2D eigenvalue weighted by atomic mass is 10.1. The van der Waals surface area contributed by atoms with Gasteiger partial charge in [-0.1, -0.05) is 18.2 Å². The summed E-state index contributed by atoms with van der Waals surface area (Å²) in [5, 5.41) is 13.4. The average molecular weight is 340 g/mol. The quantitative estimate of drug-likeness (QED) is 0.739. The summed E-state index contributed by atoms with van der Waals surface area (Å²) < 4.78 is 0. The van der Waals surface area contributed by atoms with Crippen LogP contribution in [0.3, 0.4) is 0 Å². The summed E-state index contributed by atoms with van der Waals surface area (Å²) >= 11 is 1.46. The van der Waals surface area contributed by atoms with Gasteiger partial charge in [0.15, 0.2) is 0 Å². The van der Waals surface area contributed by atoms with E-state index in [0.29, 0.717) is 17.9 Å². The molecule has 2 heterocycles. The molecule has 24 heavy (non-hydrogen) atoms. The molecule has 1 aromatic carbocycles. The summed E-state index contributed by atoms with van der Waals surface area (Å²) in [6.07, 6.45) is 1.71. The first-order chi connectivity index (χ1) is 11.5. The van der Waals surface area contributed by atoms with Gasteiger partial charge in [-0.05, 0) is 19.9 Å². The molecule has 0 spiro atoms. The van der Waals surface area contributed by atoms with Crippen molar-refractivity contribution in [3.8, 4) is 10.4 Å². The number of hydrogen-bond acceptors (Lipinski definition) is 6. The van der Waals surface area contributed by atoms with Gasteiger partial charge in [0.25, 0.3) is 0 Å². The fourth-order valence-corrected chi connectivity index (χ4v) is 3.27. The molecule has 2 N–H and O–H groups in total. The summed E-state index contributed by atoms with van der Waals surface area (Å²) in [6, 6.07) is 8.82. The lowest BCUT2D eigenvalue weighted by Gasteiger charge is -2.05. The predicted octanol–water partition coefficient (Wildman–Crippen LogP) is 3.53. The van der Waals surface area contributed by atoms with E-state index >= 15 is 0 Å². The van der Waals surface area contributed by atoms with Crippen LogP contribution in [-0.4, -0.2) is 26.0 Å². The number of benzene rings is 1. The van der Waals surface area contributed by atoms with Crippen molar-refractivity contribution in [2.45, 2.75) is 20.4 Å². The minimum absolute atomic E-state index is 0.280. The Bertz CT molecular complexity index is 872. The van der Waals surface area contributed by atoms with Crippen LogP contribution in [0.4, 0.5) is 5.82 Å². The van der Waals surface area contributed by atoms with Crippen molar-refractivity contribution in [1.82, 2.24) is 15.0 Å². The number of carboxylic acid groups (broad SMARTS) is 1. The zero-order chi connectivity index (χ0) is 17.1. The van der Waals surface area contributed by atoms with Crippen molar-refractivity contribution in [2.75, 3.05) is 5.32 Å². The number of hydrogen-bond donors (Lipinski definition) is 2. The minimum Gasteiger partial charge on any atom is -0.478 e. The summed E-state index contributed by atoms with van der Waals surface area (Å²) in [5.74, 6) is 0.529. The summed E-state index contributed by atoms with van der Waals surface area (Å²) in [6.45, 7) is 4.29. The Balaban J connectivity index is 1.78. The van der Waals surface area contributed by atoms with Crippen molar-refractivity contribution in [3.05, 3.63) is 58.6 Å². The first-order valence-electron chi connectivity index (χ1n) is 7.36. The van der Waals surface area contributed by atoms with E-state index in [1.54, 1.807) is 24.4 Å². The topological polar surface area (TPSA) is 88.0 Å². The largest absolute Gasteiger partial charge is 0.478 e.